The molecule has 2 N–H and O–H groups in total. The second-order valence-electron chi connectivity index (χ2n) is 5.60. The largest absolute Gasteiger partial charge is 0.358 e. The number of anilines is 1. The molecule has 0 saturated carbocycles. The molecule has 134 valence electrons. The molecule has 0 atom stereocenters. The number of rotatable bonds is 5. The molecule has 2 aromatic carbocycles. The van der Waals surface area contributed by atoms with Crippen molar-refractivity contribution in [3.63, 3.8) is 0 Å². The number of halogens is 3. The van der Waals surface area contributed by atoms with E-state index in [9.17, 15) is 8.78 Å². The van der Waals surface area contributed by atoms with E-state index in [1.807, 2.05) is 0 Å². The number of hydrogen-bond acceptors (Lipinski definition) is 2. The summed E-state index contributed by atoms with van der Waals surface area (Å²) in [6.07, 6.45) is 3.40. The van der Waals surface area contributed by atoms with Crippen LogP contribution >= 0.6 is 23.8 Å². The number of aromatic nitrogens is 2. The summed E-state index contributed by atoms with van der Waals surface area (Å²) in [5.41, 5.74) is 2.39. The highest BCUT2D eigenvalue weighted by atomic mass is 35.5. The summed E-state index contributed by atoms with van der Waals surface area (Å²) in [6, 6.07) is 10.4. The van der Waals surface area contributed by atoms with Crippen LogP contribution in [0.25, 0.3) is 0 Å². The van der Waals surface area contributed by atoms with Crippen molar-refractivity contribution in [2.45, 2.75) is 13.1 Å². The van der Waals surface area contributed by atoms with Gasteiger partial charge in [0.15, 0.2) is 5.11 Å². The van der Waals surface area contributed by atoms with Crippen LogP contribution in [0.1, 0.15) is 11.1 Å². The summed E-state index contributed by atoms with van der Waals surface area (Å²) in [7, 11) is 0. The Balaban J connectivity index is 1.54. The smallest absolute Gasteiger partial charge is 0.171 e. The number of thiocarbonyl (C=S) groups is 1. The van der Waals surface area contributed by atoms with Gasteiger partial charge in [-0.1, -0.05) is 29.8 Å². The van der Waals surface area contributed by atoms with Crippen LogP contribution in [0, 0.1) is 11.6 Å². The van der Waals surface area contributed by atoms with Gasteiger partial charge in [0, 0.05) is 17.8 Å². The van der Waals surface area contributed by atoms with Gasteiger partial charge in [-0.25, -0.2) is 8.78 Å². The van der Waals surface area contributed by atoms with Gasteiger partial charge in [-0.05, 0) is 47.6 Å². The third-order valence-corrected chi connectivity index (χ3v) is 4.20. The van der Waals surface area contributed by atoms with E-state index in [-0.39, 0.29) is 11.6 Å². The summed E-state index contributed by atoms with van der Waals surface area (Å²) < 4.78 is 27.6. The van der Waals surface area contributed by atoms with Crippen LogP contribution in [0.3, 0.4) is 0 Å². The highest BCUT2D eigenvalue weighted by molar-refractivity contribution is 7.80. The molecule has 0 unspecified atom stereocenters. The zero-order valence-electron chi connectivity index (χ0n) is 13.5. The Morgan fingerprint density at radius 2 is 1.85 bits per heavy atom. The zero-order chi connectivity index (χ0) is 18.5. The molecule has 1 aromatic heterocycles. The molecular formula is C18H15ClF2N4S. The fourth-order valence-electron chi connectivity index (χ4n) is 2.30. The topological polar surface area (TPSA) is 41.9 Å². The summed E-state index contributed by atoms with van der Waals surface area (Å²) >= 11 is 11.3. The third kappa shape index (κ3) is 5.00. The minimum Gasteiger partial charge on any atom is -0.358 e. The van der Waals surface area contributed by atoms with Gasteiger partial charge in [0.05, 0.1) is 18.4 Å². The quantitative estimate of drug-likeness (QED) is 0.633. The predicted octanol–water partition coefficient (Wildman–Crippen LogP) is 4.35. The van der Waals surface area contributed by atoms with E-state index in [4.69, 9.17) is 23.8 Å². The number of benzene rings is 2. The maximum atomic E-state index is 13.1. The van der Waals surface area contributed by atoms with Crippen molar-refractivity contribution in [1.82, 2.24) is 15.1 Å². The number of nitrogens with one attached hydrogen (secondary N) is 2. The minimum absolute atomic E-state index is 0.275. The lowest BCUT2D eigenvalue weighted by atomic mass is 10.2. The first-order valence-electron chi connectivity index (χ1n) is 7.75. The molecule has 0 aliphatic heterocycles. The van der Waals surface area contributed by atoms with E-state index >= 15 is 0 Å². The lowest BCUT2D eigenvalue weighted by molar-refractivity contribution is 0.624. The first kappa shape index (κ1) is 18.3. The summed E-state index contributed by atoms with van der Waals surface area (Å²) in [4.78, 5) is 0. The van der Waals surface area contributed by atoms with Crippen LogP contribution in [-0.4, -0.2) is 14.9 Å². The lowest BCUT2D eigenvalue weighted by Gasteiger charge is -2.09. The molecule has 0 radical (unpaired) electrons. The maximum Gasteiger partial charge on any atom is 0.171 e. The van der Waals surface area contributed by atoms with Crippen molar-refractivity contribution < 1.29 is 8.78 Å². The molecule has 0 bridgehead atoms. The second kappa shape index (κ2) is 8.25. The fraction of sp³-hybridized carbons (Fsp3) is 0.111. The van der Waals surface area contributed by atoms with Crippen molar-refractivity contribution in [2.24, 2.45) is 0 Å². The molecule has 0 amide bonds. The van der Waals surface area contributed by atoms with Crippen molar-refractivity contribution in [3.05, 3.63) is 82.6 Å². The molecular weight excluding hydrogens is 378 g/mol. The first-order chi connectivity index (χ1) is 12.5. The van der Waals surface area contributed by atoms with E-state index in [0.29, 0.717) is 28.9 Å². The predicted molar refractivity (Wildman–Crippen MR) is 102 cm³/mol. The van der Waals surface area contributed by atoms with Gasteiger partial charge in [0.1, 0.15) is 11.6 Å². The number of hydrogen-bond donors (Lipinski definition) is 2. The summed E-state index contributed by atoms with van der Waals surface area (Å²) in [6.45, 7) is 0.891. The molecule has 0 fully saturated rings. The highest BCUT2D eigenvalue weighted by Crippen LogP contribution is 2.18. The Morgan fingerprint density at radius 3 is 2.58 bits per heavy atom. The SMILES string of the molecule is Fc1ccc(CNC(=S)Nc2cnn(Cc3ccc(F)cc3Cl)c2)cc1. The Hall–Kier alpha value is -2.51. The van der Waals surface area contributed by atoms with Crippen LogP contribution in [0.4, 0.5) is 14.5 Å². The normalized spacial score (nSPS) is 10.6. The number of nitrogens with zero attached hydrogens (tertiary/aromatic N) is 2. The Bertz CT molecular complexity index is 912. The van der Waals surface area contributed by atoms with Crippen LogP contribution in [0.2, 0.25) is 5.02 Å². The zero-order valence-corrected chi connectivity index (χ0v) is 15.1. The Labute approximate surface area is 159 Å². The van der Waals surface area contributed by atoms with Crippen molar-refractivity contribution in [1.29, 1.82) is 0 Å². The standard InChI is InChI=1S/C18H15ClF2N4S/c19-17-7-15(21)6-3-13(17)10-25-11-16(9-23-25)24-18(26)22-8-12-1-4-14(20)5-2-12/h1-7,9,11H,8,10H2,(H2,22,24,26). The molecule has 1 heterocycles. The molecule has 0 aliphatic rings. The van der Waals surface area contributed by atoms with Gasteiger partial charge in [0.2, 0.25) is 0 Å². The lowest BCUT2D eigenvalue weighted by Crippen LogP contribution is -2.27. The Kier molecular flexibility index (Phi) is 5.80. The molecule has 8 heteroatoms. The average Bonchev–Trinajstić information content (AvgIpc) is 3.04. The van der Waals surface area contributed by atoms with Gasteiger partial charge in [0.25, 0.3) is 0 Å². The van der Waals surface area contributed by atoms with Crippen LogP contribution in [0.5, 0.6) is 0 Å². The molecule has 0 aliphatic carbocycles. The van der Waals surface area contributed by atoms with Crippen molar-refractivity contribution in [2.75, 3.05) is 5.32 Å². The van der Waals surface area contributed by atoms with E-state index in [1.54, 1.807) is 35.3 Å². The van der Waals surface area contributed by atoms with Crippen molar-refractivity contribution >= 4 is 34.6 Å². The molecule has 0 saturated heterocycles. The van der Waals surface area contributed by atoms with Crippen LogP contribution in [-0.2, 0) is 13.1 Å². The van der Waals surface area contributed by atoms with Gasteiger partial charge in [-0.15, -0.1) is 0 Å². The van der Waals surface area contributed by atoms with Gasteiger partial charge < -0.3 is 10.6 Å². The van der Waals surface area contributed by atoms with Gasteiger partial charge in [-0.3, -0.25) is 4.68 Å². The maximum absolute atomic E-state index is 13.1. The first-order valence-corrected chi connectivity index (χ1v) is 8.54. The molecule has 3 rings (SSSR count). The van der Waals surface area contributed by atoms with E-state index in [1.165, 1.54) is 24.3 Å². The van der Waals surface area contributed by atoms with Crippen LogP contribution in [0.15, 0.2) is 54.9 Å². The van der Waals surface area contributed by atoms with E-state index in [0.717, 1.165) is 11.1 Å². The Morgan fingerprint density at radius 1 is 1.12 bits per heavy atom. The van der Waals surface area contributed by atoms with Gasteiger partial charge >= 0.3 is 0 Å². The summed E-state index contributed by atoms with van der Waals surface area (Å²) in [5.74, 6) is -0.651. The van der Waals surface area contributed by atoms with Crippen molar-refractivity contribution in [3.8, 4) is 0 Å². The molecule has 4 nitrogen and oxygen atoms in total. The minimum atomic E-state index is -0.376. The highest BCUT2D eigenvalue weighted by Gasteiger charge is 2.06. The third-order valence-electron chi connectivity index (χ3n) is 3.60. The van der Waals surface area contributed by atoms with Crippen LogP contribution < -0.4 is 10.6 Å². The molecule has 0 spiro atoms. The van der Waals surface area contributed by atoms with Gasteiger partial charge in [-0.2, -0.15) is 5.10 Å². The molecule has 26 heavy (non-hydrogen) atoms. The monoisotopic (exact) mass is 392 g/mol. The fourth-order valence-corrected chi connectivity index (χ4v) is 2.72. The van der Waals surface area contributed by atoms with E-state index in [2.05, 4.69) is 15.7 Å². The van der Waals surface area contributed by atoms with E-state index < -0.39 is 0 Å². The summed E-state index contributed by atoms with van der Waals surface area (Å²) in [5, 5.41) is 11.1. The molecule has 3 aromatic rings. The average molecular weight is 393 g/mol. The second-order valence-corrected chi connectivity index (χ2v) is 6.41.